The molecule has 4 aromatic carbocycles. The summed E-state index contributed by atoms with van der Waals surface area (Å²) < 4.78 is 0. The van der Waals surface area contributed by atoms with Gasteiger partial charge in [0.1, 0.15) is 0 Å². The van der Waals surface area contributed by atoms with Crippen LogP contribution in [0, 0.1) is 12.1 Å². The number of benzene rings is 4. The molecule has 4 heteroatoms. The van der Waals surface area contributed by atoms with Crippen molar-refractivity contribution < 1.29 is 44.0 Å². The van der Waals surface area contributed by atoms with Crippen LogP contribution in [0.1, 0.15) is 42.0 Å². The van der Waals surface area contributed by atoms with Gasteiger partial charge in [0, 0.05) is 0 Å². The third-order valence-electron chi connectivity index (χ3n) is 6.14. The maximum atomic E-state index is 3.30. The molecule has 0 saturated carbocycles. The van der Waals surface area contributed by atoms with E-state index in [1.807, 2.05) is 12.1 Å². The van der Waals surface area contributed by atoms with Gasteiger partial charge >= 0.3 is 57.7 Å². The normalized spacial score (nSPS) is 11.0. The topological polar surface area (TPSA) is 0 Å². The molecule has 2 aliphatic carbocycles. The van der Waals surface area contributed by atoms with Crippen LogP contribution in [-0.4, -0.2) is 6.19 Å². The van der Waals surface area contributed by atoms with Gasteiger partial charge in [-0.15, -0.1) is 11.1 Å². The van der Waals surface area contributed by atoms with Crippen molar-refractivity contribution >= 4 is 6.19 Å². The second-order valence-electron chi connectivity index (χ2n) is 8.68. The molecule has 6 rings (SSSR count). The van der Waals surface area contributed by atoms with Gasteiger partial charge in [-0.2, -0.15) is 59.7 Å². The molecule has 0 nitrogen and oxygen atoms in total. The van der Waals surface area contributed by atoms with Gasteiger partial charge in [-0.1, -0.05) is 70.8 Å². The maximum absolute atomic E-state index is 3.30. The summed E-state index contributed by atoms with van der Waals surface area (Å²) in [5.74, 6) is 0. The first-order chi connectivity index (χ1) is 16.2. The molecular weight excluding hydrogens is 519 g/mol. The van der Waals surface area contributed by atoms with Crippen molar-refractivity contribution in [2.24, 2.45) is 0 Å². The van der Waals surface area contributed by atoms with Crippen LogP contribution >= 0.6 is 0 Å². The summed E-state index contributed by atoms with van der Waals surface area (Å²) in [6.45, 7) is 4.63. The summed E-state index contributed by atoms with van der Waals surface area (Å²) in [7, 11) is 0. The zero-order valence-corrected chi connectivity index (χ0v) is 24.4. The maximum Gasteiger partial charge on any atom is -0.0253 e. The molecule has 0 fully saturated rings. The van der Waals surface area contributed by atoms with E-state index >= 15 is 0 Å². The predicted molar refractivity (Wildman–Crippen MR) is 138 cm³/mol. The first-order valence-corrected chi connectivity index (χ1v) is 16.4. The molecule has 0 N–H and O–H groups in total. The van der Waals surface area contributed by atoms with Crippen LogP contribution in [0.2, 0.25) is 12.6 Å². The smallest absolute Gasteiger partial charge is 0.0253 e. The Bertz CT molecular complexity index is 1080. The van der Waals surface area contributed by atoms with Gasteiger partial charge in [0.05, 0.1) is 0 Å². The zero-order valence-electron chi connectivity index (χ0n) is 20.4. The second kappa shape index (κ2) is 14.8. The van der Waals surface area contributed by atoms with E-state index in [4.69, 9.17) is 0 Å². The monoisotopic (exact) mass is 548 g/mol. The van der Waals surface area contributed by atoms with E-state index in [0.29, 0.717) is 0 Å². The molecule has 0 unspecified atom stereocenters. The molecule has 35 heavy (non-hydrogen) atoms. The van der Waals surface area contributed by atoms with E-state index in [1.165, 1.54) is 63.4 Å². The summed E-state index contributed by atoms with van der Waals surface area (Å²) in [4.78, 5) is 0. The molecule has 0 amide bonds. The fourth-order valence-electron chi connectivity index (χ4n) is 4.44. The van der Waals surface area contributed by atoms with E-state index in [1.54, 1.807) is 0 Å². The molecule has 0 atom stereocenters. The fraction of sp³-hybridized carbons (Fsp3) is 0.226. The SMILES string of the molecule is CCCC[Si](C)=[Ti+2].[Cl-].[Cl-].[c-]1cccc2c1Cc1ccccc1-2.[c-]1cccc2c1Cc1ccccc1-2. The third kappa shape index (κ3) is 7.69. The van der Waals surface area contributed by atoms with Gasteiger partial charge in [0.2, 0.25) is 0 Å². The summed E-state index contributed by atoms with van der Waals surface area (Å²) in [6, 6.07) is 37.7. The Balaban J connectivity index is 0.000000189. The summed E-state index contributed by atoms with van der Waals surface area (Å²) >= 11 is 2.38. The molecule has 2 aliphatic rings. The standard InChI is InChI=1S/2C13H9.C5H12Si.2ClH.Ti/c2*1-3-7-12-10(5-1)9-11-6-2-4-8-13(11)12;1-3-4-5-6-2;;;/h2*1-5,7-8H,9H2;3-5H2,1-2H3;2*1H;/q2*-1;;;;+2/p-2. The number of hydrogen-bond donors (Lipinski definition) is 0. The summed E-state index contributed by atoms with van der Waals surface area (Å²) in [5.41, 5.74) is 11.0. The van der Waals surface area contributed by atoms with Crippen LogP contribution in [0.4, 0.5) is 0 Å². The number of fused-ring (bicyclic) bond motifs is 6. The van der Waals surface area contributed by atoms with Gasteiger partial charge in [0.15, 0.2) is 0 Å². The molecular formula is C31H30Cl2SiTi-2. The number of halogens is 2. The van der Waals surface area contributed by atoms with E-state index in [9.17, 15) is 0 Å². The Labute approximate surface area is 235 Å². The Morgan fingerprint density at radius 3 is 1.51 bits per heavy atom. The molecule has 178 valence electrons. The van der Waals surface area contributed by atoms with Crippen molar-refractivity contribution in [3.8, 4) is 22.3 Å². The van der Waals surface area contributed by atoms with Gasteiger partial charge in [-0.3, -0.25) is 0 Å². The minimum absolute atomic E-state index is 0. The molecule has 0 heterocycles. The Morgan fingerprint density at radius 2 is 1.11 bits per heavy atom. The largest absolute Gasteiger partial charge is 1.00 e. The minimum atomic E-state index is 0. The van der Waals surface area contributed by atoms with Crippen LogP contribution in [0.5, 0.6) is 0 Å². The Hall–Kier alpha value is -1.61. The van der Waals surface area contributed by atoms with Crippen LogP contribution in [-0.2, 0) is 32.0 Å². The van der Waals surface area contributed by atoms with E-state index in [2.05, 4.69) is 118 Å². The summed E-state index contributed by atoms with van der Waals surface area (Å²) in [5, 5.41) is 0. The number of hydrogen-bond acceptors (Lipinski definition) is 0. The molecule has 0 saturated heterocycles. The van der Waals surface area contributed by atoms with Crippen molar-refractivity contribution in [3.05, 3.63) is 119 Å². The summed E-state index contributed by atoms with van der Waals surface area (Å²) in [6.07, 6.45) is 5.02. The van der Waals surface area contributed by atoms with E-state index in [-0.39, 0.29) is 31.0 Å². The molecule has 0 aliphatic heterocycles. The van der Waals surface area contributed by atoms with Crippen LogP contribution in [0.25, 0.3) is 22.3 Å². The fourth-order valence-corrected chi connectivity index (χ4v) is 6.15. The zero-order chi connectivity index (χ0) is 23.0. The second-order valence-corrected chi connectivity index (χ2v) is 14.7. The minimum Gasteiger partial charge on any atom is -1.00 e. The van der Waals surface area contributed by atoms with E-state index < -0.39 is 0 Å². The number of unbranched alkanes of at least 4 members (excludes halogenated alkanes) is 1. The van der Waals surface area contributed by atoms with E-state index in [0.717, 1.165) is 12.8 Å². The Morgan fingerprint density at radius 1 is 0.686 bits per heavy atom. The van der Waals surface area contributed by atoms with Crippen molar-refractivity contribution in [3.63, 3.8) is 0 Å². The van der Waals surface area contributed by atoms with Crippen molar-refractivity contribution in [1.29, 1.82) is 0 Å². The molecule has 0 spiro atoms. The average molecular weight is 549 g/mol. The van der Waals surface area contributed by atoms with Gasteiger partial charge < -0.3 is 24.8 Å². The van der Waals surface area contributed by atoms with Gasteiger partial charge in [-0.25, -0.2) is 0 Å². The first-order valence-electron chi connectivity index (χ1n) is 11.9. The van der Waals surface area contributed by atoms with Crippen LogP contribution < -0.4 is 24.8 Å². The van der Waals surface area contributed by atoms with Crippen molar-refractivity contribution in [2.45, 2.75) is 45.2 Å². The molecule has 0 bridgehead atoms. The third-order valence-corrected chi connectivity index (χ3v) is 8.41. The molecule has 0 radical (unpaired) electrons. The van der Waals surface area contributed by atoms with Gasteiger partial charge in [0.25, 0.3) is 0 Å². The quantitative estimate of drug-likeness (QED) is 0.235. The van der Waals surface area contributed by atoms with Crippen molar-refractivity contribution in [2.75, 3.05) is 0 Å². The Kier molecular flexibility index (Phi) is 12.6. The molecule has 0 aromatic heterocycles. The first kappa shape index (κ1) is 29.6. The average Bonchev–Trinajstić information content (AvgIpc) is 3.42. The molecule has 4 aromatic rings. The number of rotatable bonds is 3. The van der Waals surface area contributed by atoms with Crippen LogP contribution in [0.15, 0.2) is 84.9 Å². The predicted octanol–water partition coefficient (Wildman–Crippen LogP) is 2.08. The van der Waals surface area contributed by atoms with Gasteiger partial charge in [-0.05, 0) is 12.8 Å². The van der Waals surface area contributed by atoms with Crippen LogP contribution in [0.3, 0.4) is 0 Å². The van der Waals surface area contributed by atoms with Crippen molar-refractivity contribution in [1.82, 2.24) is 0 Å².